The van der Waals surface area contributed by atoms with E-state index in [0.717, 1.165) is 22.3 Å². The molecule has 7 heteroatoms. The number of aromatic nitrogens is 2. The highest BCUT2D eigenvalue weighted by Crippen LogP contribution is 2.21. The third-order valence-electron chi connectivity index (χ3n) is 3.17. The molecule has 2 N–H and O–H groups in total. The average molecular weight is 378 g/mol. The highest BCUT2D eigenvalue weighted by Gasteiger charge is 2.07. The fourth-order valence-corrected chi connectivity index (χ4v) is 2.10. The molecule has 2 rings (SSSR count). The summed E-state index contributed by atoms with van der Waals surface area (Å²) >= 11 is 3.46. The van der Waals surface area contributed by atoms with E-state index in [9.17, 15) is 4.79 Å². The Morgan fingerprint density at radius 2 is 1.96 bits per heavy atom. The van der Waals surface area contributed by atoms with Crippen LogP contribution in [0.5, 0.6) is 0 Å². The quantitative estimate of drug-likeness (QED) is 0.809. The summed E-state index contributed by atoms with van der Waals surface area (Å²) in [5.74, 6) is 0.287. The van der Waals surface area contributed by atoms with Crippen LogP contribution in [0.15, 0.2) is 35.1 Å². The van der Waals surface area contributed by atoms with Crippen LogP contribution < -0.4 is 10.6 Å². The smallest absolute Gasteiger partial charge is 0.254 e. The van der Waals surface area contributed by atoms with E-state index in [4.69, 9.17) is 0 Å². The van der Waals surface area contributed by atoms with E-state index < -0.39 is 0 Å². The maximum atomic E-state index is 11.9. The lowest BCUT2D eigenvalue weighted by molar-refractivity contribution is 0.0950. The highest BCUT2D eigenvalue weighted by atomic mass is 79.9. The fraction of sp³-hybridized carbons (Fsp3) is 0.312. The van der Waals surface area contributed by atoms with Gasteiger partial charge in [-0.25, -0.2) is 9.97 Å². The number of rotatable bonds is 6. The molecule has 0 bridgehead atoms. The minimum atomic E-state index is -0.169. The molecule has 2 aromatic rings. The first kappa shape index (κ1) is 17.4. The predicted molar refractivity (Wildman–Crippen MR) is 95.1 cm³/mol. The molecule has 1 heterocycles. The number of aryl methyl sites for hydroxylation is 1. The van der Waals surface area contributed by atoms with E-state index in [1.54, 1.807) is 0 Å². The summed E-state index contributed by atoms with van der Waals surface area (Å²) in [6.45, 7) is 3.39. The van der Waals surface area contributed by atoms with Crippen molar-refractivity contribution in [3.05, 3.63) is 46.2 Å². The van der Waals surface area contributed by atoms with Crippen molar-refractivity contribution >= 4 is 33.5 Å². The summed E-state index contributed by atoms with van der Waals surface area (Å²) in [5, 5.41) is 5.94. The number of anilines is 2. The zero-order chi connectivity index (χ0) is 16.8. The molecule has 0 fully saturated rings. The molecule has 0 aliphatic heterocycles. The molecule has 6 nitrogen and oxygen atoms in total. The average Bonchev–Trinajstić information content (AvgIpc) is 2.51. The molecule has 0 aliphatic carbocycles. The zero-order valence-electron chi connectivity index (χ0n) is 13.4. The lowest BCUT2D eigenvalue weighted by atomic mass is 10.2. The van der Waals surface area contributed by atoms with Gasteiger partial charge in [-0.3, -0.25) is 4.79 Å². The molecule has 0 unspecified atom stereocenters. The fourth-order valence-electron chi connectivity index (χ4n) is 1.86. The Balaban J connectivity index is 1.96. The van der Waals surface area contributed by atoms with Crippen LogP contribution in [0.25, 0.3) is 0 Å². The van der Waals surface area contributed by atoms with Gasteiger partial charge in [-0.2, -0.15) is 0 Å². The van der Waals surface area contributed by atoms with Gasteiger partial charge in [0.25, 0.3) is 5.91 Å². The lowest BCUT2D eigenvalue weighted by Crippen LogP contribution is -2.31. The summed E-state index contributed by atoms with van der Waals surface area (Å²) in [6.07, 6.45) is 3.04. The van der Waals surface area contributed by atoms with Crippen LogP contribution in [0, 0.1) is 6.92 Å². The molecule has 1 aromatic carbocycles. The van der Waals surface area contributed by atoms with Crippen molar-refractivity contribution in [1.82, 2.24) is 20.2 Å². The molecule has 0 radical (unpaired) electrons. The molecule has 0 saturated heterocycles. The molecule has 0 atom stereocenters. The second-order valence-corrected chi connectivity index (χ2v) is 6.30. The summed E-state index contributed by atoms with van der Waals surface area (Å²) in [4.78, 5) is 22.3. The van der Waals surface area contributed by atoms with E-state index in [2.05, 4.69) is 36.5 Å². The third kappa shape index (κ3) is 5.30. The minimum absolute atomic E-state index is 0.169. The second-order valence-electron chi connectivity index (χ2n) is 5.44. The van der Waals surface area contributed by atoms with E-state index in [0.29, 0.717) is 18.1 Å². The molecular weight excluding hydrogens is 358 g/mol. The van der Waals surface area contributed by atoms with Crippen LogP contribution in [0.3, 0.4) is 0 Å². The largest absolute Gasteiger partial charge is 0.351 e. The van der Waals surface area contributed by atoms with Crippen LogP contribution in [0.4, 0.5) is 11.6 Å². The Morgan fingerprint density at radius 1 is 1.26 bits per heavy atom. The van der Waals surface area contributed by atoms with Gasteiger partial charge in [-0.15, -0.1) is 0 Å². The van der Waals surface area contributed by atoms with Gasteiger partial charge in [-0.05, 0) is 44.8 Å². The van der Waals surface area contributed by atoms with Gasteiger partial charge < -0.3 is 15.5 Å². The van der Waals surface area contributed by atoms with Gasteiger partial charge in [0, 0.05) is 35.6 Å². The van der Waals surface area contributed by atoms with Gasteiger partial charge in [0.15, 0.2) is 0 Å². The second kappa shape index (κ2) is 8.03. The summed E-state index contributed by atoms with van der Waals surface area (Å²) in [7, 11) is 3.92. The van der Waals surface area contributed by atoms with Crippen LogP contribution in [-0.4, -0.2) is 48.0 Å². The number of carbonyl (C=O) groups excluding carboxylic acids is 1. The third-order valence-corrected chi connectivity index (χ3v) is 4.06. The monoisotopic (exact) mass is 377 g/mol. The Bertz CT molecular complexity index is 673. The van der Waals surface area contributed by atoms with Crippen molar-refractivity contribution < 1.29 is 4.79 Å². The molecule has 122 valence electrons. The van der Waals surface area contributed by atoms with E-state index in [-0.39, 0.29) is 5.91 Å². The Kier molecular flexibility index (Phi) is 6.06. The first-order valence-electron chi connectivity index (χ1n) is 7.24. The first-order valence-corrected chi connectivity index (χ1v) is 8.03. The number of benzene rings is 1. The van der Waals surface area contributed by atoms with Crippen molar-refractivity contribution in [2.24, 2.45) is 0 Å². The number of nitrogens with zero attached hydrogens (tertiary/aromatic N) is 3. The Labute approximate surface area is 144 Å². The molecule has 0 spiro atoms. The Hall–Kier alpha value is -1.99. The number of amides is 1. The van der Waals surface area contributed by atoms with Crippen molar-refractivity contribution in [3.8, 4) is 0 Å². The molecule has 0 aliphatic rings. The van der Waals surface area contributed by atoms with Crippen LogP contribution in [-0.2, 0) is 0 Å². The number of nitrogens with one attached hydrogen (secondary N) is 2. The van der Waals surface area contributed by atoms with E-state index >= 15 is 0 Å². The zero-order valence-corrected chi connectivity index (χ0v) is 15.0. The number of halogens is 1. The summed E-state index contributed by atoms with van der Waals surface area (Å²) in [6, 6.07) is 5.89. The molecule has 1 amide bonds. The predicted octanol–water partition coefficient (Wildman–Crippen LogP) is 2.58. The topological polar surface area (TPSA) is 70.2 Å². The standard InChI is InChI=1S/C16H20BrN5O/c1-11-8-13(4-5-14(11)17)21-16-19-9-12(10-20-16)15(23)18-6-7-22(2)3/h4-5,8-10H,6-7H2,1-3H3,(H,18,23)(H,19,20,21). The normalized spacial score (nSPS) is 10.7. The van der Waals surface area contributed by atoms with Crippen molar-refractivity contribution in [3.63, 3.8) is 0 Å². The van der Waals surface area contributed by atoms with Crippen LogP contribution in [0.1, 0.15) is 15.9 Å². The van der Waals surface area contributed by atoms with Crippen LogP contribution >= 0.6 is 15.9 Å². The lowest BCUT2D eigenvalue weighted by Gasteiger charge is -2.10. The van der Waals surface area contributed by atoms with E-state index in [1.165, 1.54) is 12.4 Å². The van der Waals surface area contributed by atoms with Gasteiger partial charge >= 0.3 is 0 Å². The molecular formula is C16H20BrN5O. The number of hydrogen-bond acceptors (Lipinski definition) is 5. The van der Waals surface area contributed by atoms with Crippen LogP contribution in [0.2, 0.25) is 0 Å². The van der Waals surface area contributed by atoms with Crippen molar-refractivity contribution in [1.29, 1.82) is 0 Å². The SMILES string of the molecule is Cc1cc(Nc2ncc(C(=O)NCCN(C)C)cn2)ccc1Br. The molecule has 1 aromatic heterocycles. The molecule has 0 saturated carbocycles. The molecule has 23 heavy (non-hydrogen) atoms. The number of carbonyl (C=O) groups is 1. The number of likely N-dealkylation sites (N-methyl/N-ethyl adjacent to an activating group) is 1. The maximum absolute atomic E-state index is 11.9. The maximum Gasteiger partial charge on any atom is 0.254 e. The summed E-state index contributed by atoms with van der Waals surface area (Å²) in [5.41, 5.74) is 2.46. The Morgan fingerprint density at radius 3 is 2.57 bits per heavy atom. The first-order chi connectivity index (χ1) is 11.0. The summed E-state index contributed by atoms with van der Waals surface area (Å²) < 4.78 is 1.05. The van der Waals surface area contributed by atoms with Gasteiger partial charge in [-0.1, -0.05) is 15.9 Å². The van der Waals surface area contributed by atoms with Crippen molar-refractivity contribution in [2.45, 2.75) is 6.92 Å². The van der Waals surface area contributed by atoms with E-state index in [1.807, 2.05) is 44.1 Å². The number of hydrogen-bond donors (Lipinski definition) is 2. The van der Waals surface area contributed by atoms with Gasteiger partial charge in [0.1, 0.15) is 0 Å². The van der Waals surface area contributed by atoms with Crippen molar-refractivity contribution in [2.75, 3.05) is 32.5 Å². The highest BCUT2D eigenvalue weighted by molar-refractivity contribution is 9.10. The minimum Gasteiger partial charge on any atom is -0.351 e. The van der Waals surface area contributed by atoms with Gasteiger partial charge in [0.2, 0.25) is 5.95 Å². The van der Waals surface area contributed by atoms with Gasteiger partial charge in [0.05, 0.1) is 5.56 Å².